The lowest BCUT2D eigenvalue weighted by Crippen LogP contribution is -2.48. The number of nitrogens with one attached hydrogen (secondary N) is 1. The summed E-state index contributed by atoms with van der Waals surface area (Å²) in [6, 6.07) is 4.42. The van der Waals surface area contributed by atoms with Crippen molar-refractivity contribution in [3.8, 4) is 0 Å². The van der Waals surface area contributed by atoms with Crippen LogP contribution in [0.3, 0.4) is 0 Å². The van der Waals surface area contributed by atoms with Crippen LogP contribution in [0.1, 0.15) is 25.7 Å². The van der Waals surface area contributed by atoms with Gasteiger partial charge in [0.2, 0.25) is 5.91 Å². The van der Waals surface area contributed by atoms with Gasteiger partial charge in [-0.25, -0.2) is 4.39 Å². The maximum atomic E-state index is 14.7. The second-order valence-electron chi connectivity index (χ2n) is 7.36. The molecule has 0 aliphatic carbocycles. The average molecular weight is 393 g/mol. The molecule has 1 unspecified atom stereocenters. The van der Waals surface area contributed by atoms with Crippen molar-refractivity contribution in [2.45, 2.75) is 38.0 Å². The van der Waals surface area contributed by atoms with Crippen molar-refractivity contribution in [2.75, 3.05) is 44.6 Å². The molecular formula is C20H28FN3O4. The zero-order valence-corrected chi connectivity index (χ0v) is 16.6. The number of ether oxygens (including phenoxy) is 2. The number of rotatable bonds is 6. The Balaban J connectivity index is 1.62. The van der Waals surface area contributed by atoms with E-state index in [1.165, 1.54) is 13.1 Å². The van der Waals surface area contributed by atoms with E-state index in [9.17, 15) is 14.0 Å². The predicted octanol–water partition coefficient (Wildman–Crippen LogP) is 2.22. The summed E-state index contributed by atoms with van der Waals surface area (Å²) in [6.45, 7) is 1.46. The Hall–Kier alpha value is -2.19. The number of hydrogen-bond donors (Lipinski definition) is 1. The van der Waals surface area contributed by atoms with Gasteiger partial charge in [0, 0.05) is 52.4 Å². The first-order valence-electron chi connectivity index (χ1n) is 9.61. The minimum absolute atomic E-state index is 0.183. The molecule has 1 N–H and O–H groups in total. The van der Waals surface area contributed by atoms with E-state index in [0.717, 1.165) is 30.8 Å². The molecule has 2 saturated heterocycles. The minimum atomic E-state index is -0.510. The van der Waals surface area contributed by atoms with E-state index in [1.54, 1.807) is 26.4 Å². The number of benzene rings is 1. The van der Waals surface area contributed by atoms with Crippen molar-refractivity contribution in [1.29, 1.82) is 0 Å². The standard InChI is InChI=1S/C20H28FN3O4/c1-23-18(25)7-5-16(19(23)26)22-14-4-6-17(15(21)12-14)24-10-8-13(9-11-24)20(27-2)28-3/h4,6,12-13,16,20,22H,5,7-11H2,1-3H3. The van der Waals surface area contributed by atoms with Crippen LogP contribution in [0.15, 0.2) is 18.2 Å². The van der Waals surface area contributed by atoms with Crippen LogP contribution in [0.4, 0.5) is 15.8 Å². The van der Waals surface area contributed by atoms with Gasteiger partial charge in [0.1, 0.15) is 11.9 Å². The molecular weight excluding hydrogens is 365 g/mol. The Morgan fingerprint density at radius 2 is 1.82 bits per heavy atom. The molecule has 1 aromatic carbocycles. The highest BCUT2D eigenvalue weighted by Crippen LogP contribution is 2.30. The lowest BCUT2D eigenvalue weighted by Gasteiger charge is -2.36. The monoisotopic (exact) mass is 393 g/mol. The van der Waals surface area contributed by atoms with Gasteiger partial charge in [0.25, 0.3) is 5.91 Å². The summed E-state index contributed by atoms with van der Waals surface area (Å²) < 4.78 is 25.4. The molecule has 2 aliphatic rings. The zero-order valence-electron chi connectivity index (χ0n) is 16.6. The number of piperidine rings is 2. The minimum Gasteiger partial charge on any atom is -0.374 e. The molecule has 0 radical (unpaired) electrons. The van der Waals surface area contributed by atoms with Crippen LogP contribution in [0.25, 0.3) is 0 Å². The van der Waals surface area contributed by atoms with E-state index < -0.39 is 6.04 Å². The Kier molecular flexibility index (Phi) is 6.51. The van der Waals surface area contributed by atoms with E-state index in [-0.39, 0.29) is 23.9 Å². The van der Waals surface area contributed by atoms with Crippen molar-refractivity contribution in [3.05, 3.63) is 24.0 Å². The lowest BCUT2D eigenvalue weighted by atomic mass is 9.95. The molecule has 0 bridgehead atoms. The molecule has 154 valence electrons. The van der Waals surface area contributed by atoms with Gasteiger partial charge in [0.15, 0.2) is 6.29 Å². The smallest absolute Gasteiger partial charge is 0.251 e. The summed E-state index contributed by atoms with van der Waals surface area (Å²) in [5, 5.41) is 3.05. The Bertz CT molecular complexity index is 717. The van der Waals surface area contributed by atoms with Gasteiger partial charge in [0.05, 0.1) is 5.69 Å². The summed E-state index contributed by atoms with van der Waals surface area (Å²) in [6.07, 6.45) is 2.22. The lowest BCUT2D eigenvalue weighted by molar-refractivity contribution is -0.146. The van der Waals surface area contributed by atoms with Crippen molar-refractivity contribution in [2.24, 2.45) is 5.92 Å². The van der Waals surface area contributed by atoms with Gasteiger partial charge in [-0.15, -0.1) is 0 Å². The van der Waals surface area contributed by atoms with Crippen LogP contribution in [0.2, 0.25) is 0 Å². The summed E-state index contributed by atoms with van der Waals surface area (Å²) in [5.74, 6) is -0.496. The number of imide groups is 1. The fourth-order valence-electron chi connectivity index (χ4n) is 4.00. The average Bonchev–Trinajstić information content (AvgIpc) is 2.70. The molecule has 0 aromatic heterocycles. The number of carbonyl (C=O) groups excluding carboxylic acids is 2. The van der Waals surface area contributed by atoms with Gasteiger partial charge in [-0.3, -0.25) is 14.5 Å². The molecule has 28 heavy (non-hydrogen) atoms. The molecule has 0 saturated carbocycles. The molecule has 7 nitrogen and oxygen atoms in total. The van der Waals surface area contributed by atoms with E-state index >= 15 is 0 Å². The molecule has 1 aromatic rings. The number of methoxy groups -OCH3 is 2. The highest BCUT2D eigenvalue weighted by atomic mass is 19.1. The van der Waals surface area contributed by atoms with E-state index in [0.29, 0.717) is 30.1 Å². The van der Waals surface area contributed by atoms with E-state index in [2.05, 4.69) is 5.32 Å². The van der Waals surface area contributed by atoms with Gasteiger partial charge < -0.3 is 19.7 Å². The third kappa shape index (κ3) is 4.28. The number of hydrogen-bond acceptors (Lipinski definition) is 6. The highest BCUT2D eigenvalue weighted by Gasteiger charge is 2.32. The molecule has 2 fully saturated rings. The van der Waals surface area contributed by atoms with Crippen LogP contribution in [0, 0.1) is 11.7 Å². The second-order valence-corrected chi connectivity index (χ2v) is 7.36. The second kappa shape index (κ2) is 8.87. The number of nitrogens with zero attached hydrogens (tertiary/aromatic N) is 2. The van der Waals surface area contributed by atoms with Crippen molar-refractivity contribution >= 4 is 23.2 Å². The number of likely N-dealkylation sites (tertiary alicyclic amines) is 1. The van der Waals surface area contributed by atoms with Crippen molar-refractivity contribution < 1.29 is 23.5 Å². The molecule has 2 aliphatic heterocycles. The van der Waals surface area contributed by atoms with Crippen LogP contribution >= 0.6 is 0 Å². The Labute approximate surface area is 164 Å². The molecule has 0 spiro atoms. The largest absolute Gasteiger partial charge is 0.374 e. The maximum absolute atomic E-state index is 14.7. The number of likely N-dealkylation sites (N-methyl/N-ethyl adjacent to an activating group) is 1. The van der Waals surface area contributed by atoms with E-state index in [1.807, 2.05) is 4.90 Å². The molecule has 2 heterocycles. The normalized spacial score (nSPS) is 21.5. The zero-order chi connectivity index (χ0) is 20.3. The Morgan fingerprint density at radius 1 is 1.14 bits per heavy atom. The summed E-state index contributed by atoms with van der Waals surface area (Å²) in [5.41, 5.74) is 1.09. The predicted molar refractivity (Wildman–Crippen MR) is 104 cm³/mol. The SMILES string of the molecule is COC(OC)C1CCN(c2ccc(NC3CCC(=O)N(C)C3=O)cc2F)CC1. The van der Waals surface area contributed by atoms with Crippen molar-refractivity contribution in [3.63, 3.8) is 0 Å². The van der Waals surface area contributed by atoms with Crippen LogP contribution in [-0.4, -0.2) is 63.4 Å². The van der Waals surface area contributed by atoms with Gasteiger partial charge >= 0.3 is 0 Å². The van der Waals surface area contributed by atoms with Crippen LogP contribution in [-0.2, 0) is 19.1 Å². The highest BCUT2D eigenvalue weighted by molar-refractivity contribution is 6.01. The Morgan fingerprint density at radius 3 is 2.43 bits per heavy atom. The van der Waals surface area contributed by atoms with Gasteiger partial charge in [-0.2, -0.15) is 0 Å². The molecule has 3 rings (SSSR count). The fourth-order valence-corrected chi connectivity index (χ4v) is 4.00. The molecule has 1 atom stereocenters. The maximum Gasteiger partial charge on any atom is 0.251 e. The first kappa shape index (κ1) is 20.5. The first-order chi connectivity index (χ1) is 13.4. The number of anilines is 2. The number of halogens is 1. The third-order valence-electron chi connectivity index (χ3n) is 5.67. The first-order valence-corrected chi connectivity index (χ1v) is 9.61. The van der Waals surface area contributed by atoms with Crippen LogP contribution < -0.4 is 10.2 Å². The summed E-state index contributed by atoms with van der Waals surface area (Å²) >= 11 is 0. The van der Waals surface area contributed by atoms with E-state index in [4.69, 9.17) is 9.47 Å². The summed E-state index contributed by atoms with van der Waals surface area (Å²) in [4.78, 5) is 26.9. The third-order valence-corrected chi connectivity index (χ3v) is 5.67. The van der Waals surface area contributed by atoms with Gasteiger partial charge in [-0.1, -0.05) is 0 Å². The van der Waals surface area contributed by atoms with Gasteiger partial charge in [-0.05, 0) is 37.5 Å². The molecule has 2 amide bonds. The van der Waals surface area contributed by atoms with Crippen molar-refractivity contribution in [1.82, 2.24) is 4.90 Å². The number of amides is 2. The fraction of sp³-hybridized carbons (Fsp3) is 0.600. The summed E-state index contributed by atoms with van der Waals surface area (Å²) in [7, 11) is 4.75. The topological polar surface area (TPSA) is 71.1 Å². The molecule has 8 heteroatoms. The number of carbonyl (C=O) groups is 2. The van der Waals surface area contributed by atoms with Crippen LogP contribution in [0.5, 0.6) is 0 Å². The quantitative estimate of drug-likeness (QED) is 0.590.